The van der Waals surface area contributed by atoms with E-state index in [0.717, 1.165) is 0 Å². The number of sulfonamides is 1. The van der Waals surface area contributed by atoms with Crippen molar-refractivity contribution in [1.82, 2.24) is 9.21 Å². The van der Waals surface area contributed by atoms with Crippen LogP contribution in [0, 0.1) is 22.7 Å². The lowest BCUT2D eigenvalue weighted by atomic mass is 10.2. The van der Waals surface area contributed by atoms with Crippen LogP contribution in [0.3, 0.4) is 0 Å². The van der Waals surface area contributed by atoms with Gasteiger partial charge in [0, 0.05) is 32.3 Å². The molecular weight excluding hydrogens is 380 g/mol. The Kier molecular flexibility index (Phi) is 8.15. The molecule has 1 heterocycles. The van der Waals surface area contributed by atoms with Crippen LogP contribution in [0.15, 0.2) is 35.2 Å². The van der Waals surface area contributed by atoms with Crippen molar-refractivity contribution < 1.29 is 17.9 Å². The van der Waals surface area contributed by atoms with E-state index in [4.69, 9.17) is 15.3 Å². The van der Waals surface area contributed by atoms with E-state index in [2.05, 4.69) is 0 Å². The Morgan fingerprint density at radius 1 is 1.11 bits per heavy atom. The molecule has 1 aliphatic rings. The minimum atomic E-state index is -3.55. The highest BCUT2D eigenvalue weighted by Crippen LogP contribution is 2.18. The Balaban J connectivity index is 2.05. The Morgan fingerprint density at radius 3 is 2.21 bits per heavy atom. The highest BCUT2D eigenvalue weighted by molar-refractivity contribution is 7.89. The lowest BCUT2D eigenvalue weighted by Crippen LogP contribution is -2.40. The Hall–Kier alpha value is -2.72. The summed E-state index contributed by atoms with van der Waals surface area (Å²) in [4.78, 5) is 13.9. The number of hydrogen-bond donors (Lipinski definition) is 0. The number of amides is 1. The van der Waals surface area contributed by atoms with Crippen molar-refractivity contribution in [3.63, 3.8) is 0 Å². The molecule has 0 atom stereocenters. The molecule has 1 saturated heterocycles. The average Bonchev–Trinajstić information content (AvgIpc) is 2.73. The third kappa shape index (κ3) is 5.89. The van der Waals surface area contributed by atoms with Gasteiger partial charge in [0.1, 0.15) is 0 Å². The van der Waals surface area contributed by atoms with Gasteiger partial charge in [0.2, 0.25) is 15.9 Å². The van der Waals surface area contributed by atoms with Crippen molar-refractivity contribution >= 4 is 22.0 Å². The van der Waals surface area contributed by atoms with Gasteiger partial charge in [-0.3, -0.25) is 4.79 Å². The van der Waals surface area contributed by atoms with E-state index in [0.29, 0.717) is 31.9 Å². The first-order chi connectivity index (χ1) is 13.5. The molecule has 0 aromatic heterocycles. The number of morpholine rings is 1. The van der Waals surface area contributed by atoms with E-state index >= 15 is 0 Å². The second-order valence-corrected chi connectivity index (χ2v) is 8.00. The van der Waals surface area contributed by atoms with Crippen molar-refractivity contribution in [3.8, 4) is 12.1 Å². The second-order valence-electron chi connectivity index (χ2n) is 6.06. The number of ether oxygens (including phenoxy) is 1. The monoisotopic (exact) mass is 402 g/mol. The van der Waals surface area contributed by atoms with Crippen LogP contribution in [0.1, 0.15) is 18.4 Å². The number of nitriles is 2. The minimum absolute atomic E-state index is 0.194. The molecule has 0 saturated carbocycles. The molecular formula is C19H22N4O4S. The third-order valence-electron chi connectivity index (χ3n) is 4.21. The van der Waals surface area contributed by atoms with Crippen LogP contribution in [0.2, 0.25) is 0 Å². The van der Waals surface area contributed by atoms with Gasteiger partial charge in [0.15, 0.2) is 0 Å². The molecule has 0 unspecified atom stereocenters. The van der Waals surface area contributed by atoms with E-state index in [-0.39, 0.29) is 36.7 Å². The SMILES string of the molecule is N#CCCN(CCC#N)C(=O)/C=C/c1ccc(S(=O)(=O)N2CCOCC2)cc1. The van der Waals surface area contributed by atoms with E-state index in [1.165, 1.54) is 27.4 Å². The first-order valence-corrected chi connectivity index (χ1v) is 10.3. The summed E-state index contributed by atoms with van der Waals surface area (Å²) < 4.78 is 31.8. The summed E-state index contributed by atoms with van der Waals surface area (Å²) in [6.07, 6.45) is 3.33. The first kappa shape index (κ1) is 21.6. The van der Waals surface area contributed by atoms with Gasteiger partial charge in [0.25, 0.3) is 0 Å². The van der Waals surface area contributed by atoms with Crippen LogP contribution < -0.4 is 0 Å². The number of rotatable bonds is 8. The lowest BCUT2D eigenvalue weighted by molar-refractivity contribution is -0.125. The number of hydrogen-bond acceptors (Lipinski definition) is 6. The van der Waals surface area contributed by atoms with Gasteiger partial charge in [-0.25, -0.2) is 8.42 Å². The predicted molar refractivity (Wildman–Crippen MR) is 102 cm³/mol. The largest absolute Gasteiger partial charge is 0.379 e. The average molecular weight is 402 g/mol. The van der Waals surface area contributed by atoms with Crippen LogP contribution in [0.25, 0.3) is 6.08 Å². The highest BCUT2D eigenvalue weighted by Gasteiger charge is 2.25. The molecule has 1 aromatic rings. The maximum absolute atomic E-state index is 12.6. The van der Waals surface area contributed by atoms with E-state index in [9.17, 15) is 13.2 Å². The van der Waals surface area contributed by atoms with Crippen LogP contribution >= 0.6 is 0 Å². The van der Waals surface area contributed by atoms with Crippen LogP contribution in [0.4, 0.5) is 0 Å². The van der Waals surface area contributed by atoms with Gasteiger partial charge in [-0.05, 0) is 23.8 Å². The second kappa shape index (κ2) is 10.6. The van der Waals surface area contributed by atoms with Gasteiger partial charge >= 0.3 is 0 Å². The van der Waals surface area contributed by atoms with Crippen LogP contribution in [-0.2, 0) is 19.6 Å². The van der Waals surface area contributed by atoms with Gasteiger partial charge in [-0.15, -0.1) is 0 Å². The summed E-state index contributed by atoms with van der Waals surface area (Å²) in [5.74, 6) is -0.296. The van der Waals surface area contributed by atoms with Gasteiger partial charge < -0.3 is 9.64 Å². The molecule has 9 heteroatoms. The quantitative estimate of drug-likeness (QED) is 0.607. The molecule has 1 aliphatic heterocycles. The summed E-state index contributed by atoms with van der Waals surface area (Å²) in [7, 11) is -3.55. The standard InChI is InChI=1S/C19H22N4O4S/c20-9-1-11-22(12-2-10-21)19(24)8-5-17-3-6-18(7-4-17)28(25,26)23-13-15-27-16-14-23/h3-8H,1-2,11-16H2/b8-5+. The molecule has 2 rings (SSSR count). The molecule has 1 amide bonds. The summed E-state index contributed by atoms with van der Waals surface area (Å²) >= 11 is 0. The highest BCUT2D eigenvalue weighted by atomic mass is 32.2. The molecule has 148 valence electrons. The molecule has 1 fully saturated rings. The Morgan fingerprint density at radius 2 is 1.68 bits per heavy atom. The topological polar surface area (TPSA) is 114 Å². The van der Waals surface area contributed by atoms with Crippen molar-refractivity contribution in [1.29, 1.82) is 10.5 Å². The summed E-state index contributed by atoms with van der Waals surface area (Å²) in [6, 6.07) is 10.2. The van der Waals surface area contributed by atoms with E-state index in [1.54, 1.807) is 18.2 Å². The van der Waals surface area contributed by atoms with Crippen molar-refractivity contribution in [2.45, 2.75) is 17.7 Å². The molecule has 28 heavy (non-hydrogen) atoms. The third-order valence-corrected chi connectivity index (χ3v) is 6.12. The molecule has 0 N–H and O–H groups in total. The van der Waals surface area contributed by atoms with Crippen LogP contribution in [0.5, 0.6) is 0 Å². The fraction of sp³-hybridized carbons (Fsp3) is 0.421. The van der Waals surface area contributed by atoms with Gasteiger partial charge in [0.05, 0.1) is 43.1 Å². The van der Waals surface area contributed by atoms with Crippen molar-refractivity contribution in [2.75, 3.05) is 39.4 Å². The van der Waals surface area contributed by atoms with E-state index < -0.39 is 10.0 Å². The number of carbonyl (C=O) groups excluding carboxylic acids is 1. The molecule has 0 aliphatic carbocycles. The van der Waals surface area contributed by atoms with E-state index in [1.807, 2.05) is 12.1 Å². The maximum Gasteiger partial charge on any atom is 0.246 e. The number of nitrogens with zero attached hydrogens (tertiary/aromatic N) is 4. The van der Waals surface area contributed by atoms with Gasteiger partial charge in [-0.2, -0.15) is 14.8 Å². The smallest absolute Gasteiger partial charge is 0.246 e. The Bertz CT molecular complexity index is 858. The molecule has 0 radical (unpaired) electrons. The van der Waals surface area contributed by atoms with Crippen LogP contribution in [-0.4, -0.2) is 62.9 Å². The zero-order chi connectivity index (χ0) is 20.4. The van der Waals surface area contributed by atoms with Crippen molar-refractivity contribution in [3.05, 3.63) is 35.9 Å². The van der Waals surface area contributed by atoms with Crippen molar-refractivity contribution in [2.24, 2.45) is 0 Å². The minimum Gasteiger partial charge on any atom is -0.379 e. The maximum atomic E-state index is 12.6. The number of benzene rings is 1. The first-order valence-electron chi connectivity index (χ1n) is 8.88. The zero-order valence-electron chi connectivity index (χ0n) is 15.5. The summed E-state index contributed by atoms with van der Waals surface area (Å²) in [6.45, 7) is 1.96. The lowest BCUT2D eigenvalue weighted by Gasteiger charge is -2.26. The predicted octanol–water partition coefficient (Wildman–Crippen LogP) is 1.38. The fourth-order valence-corrected chi connectivity index (χ4v) is 4.07. The number of carbonyl (C=O) groups is 1. The molecule has 8 nitrogen and oxygen atoms in total. The Labute approximate surface area is 165 Å². The zero-order valence-corrected chi connectivity index (χ0v) is 16.3. The molecule has 0 spiro atoms. The van der Waals surface area contributed by atoms with Gasteiger partial charge in [-0.1, -0.05) is 12.1 Å². The molecule has 0 bridgehead atoms. The molecule has 1 aromatic carbocycles. The fourth-order valence-electron chi connectivity index (χ4n) is 2.66. The summed E-state index contributed by atoms with van der Waals surface area (Å²) in [5, 5.41) is 17.4. The summed E-state index contributed by atoms with van der Waals surface area (Å²) in [5.41, 5.74) is 0.676. The normalized spacial score (nSPS) is 15.1.